The molecule has 3 rings (SSSR count). The molecule has 1 saturated heterocycles. The summed E-state index contributed by atoms with van der Waals surface area (Å²) >= 11 is 1.72. The van der Waals surface area contributed by atoms with Crippen LogP contribution in [0.1, 0.15) is 12.8 Å². The number of rotatable bonds is 3. The second-order valence-corrected chi connectivity index (χ2v) is 6.02. The standard InChI is InChI=1S/C14H18N4S/c1-18-8-4-12(5-9-18)17-14-16-10-13(19-14)11-2-6-15-7-3-11/h2-3,6-7,10,12H,4-5,8-9H2,1H3,(H,16,17). The summed E-state index contributed by atoms with van der Waals surface area (Å²) in [6.07, 6.45) is 7.97. The van der Waals surface area contributed by atoms with Crippen LogP contribution in [0.4, 0.5) is 5.13 Å². The molecule has 0 aliphatic carbocycles. The summed E-state index contributed by atoms with van der Waals surface area (Å²) in [5.41, 5.74) is 1.18. The average Bonchev–Trinajstić information content (AvgIpc) is 2.91. The summed E-state index contributed by atoms with van der Waals surface area (Å²) in [7, 11) is 2.18. The van der Waals surface area contributed by atoms with E-state index in [1.54, 1.807) is 11.3 Å². The molecule has 0 unspecified atom stereocenters. The normalized spacial score (nSPS) is 17.5. The van der Waals surface area contributed by atoms with Crippen molar-refractivity contribution in [1.82, 2.24) is 14.9 Å². The van der Waals surface area contributed by atoms with Crippen LogP contribution in [0.3, 0.4) is 0 Å². The third-order valence-corrected chi connectivity index (χ3v) is 4.49. The van der Waals surface area contributed by atoms with Crippen LogP contribution in [0.2, 0.25) is 0 Å². The van der Waals surface area contributed by atoms with Crippen molar-refractivity contribution < 1.29 is 0 Å². The van der Waals surface area contributed by atoms with Gasteiger partial charge in [-0.05, 0) is 50.7 Å². The Balaban J connectivity index is 1.65. The third-order valence-electron chi connectivity index (χ3n) is 3.52. The van der Waals surface area contributed by atoms with Gasteiger partial charge in [0.25, 0.3) is 0 Å². The monoisotopic (exact) mass is 274 g/mol. The van der Waals surface area contributed by atoms with Gasteiger partial charge < -0.3 is 10.2 Å². The number of likely N-dealkylation sites (tertiary alicyclic amines) is 1. The highest BCUT2D eigenvalue weighted by Crippen LogP contribution is 2.29. The SMILES string of the molecule is CN1CCC(Nc2ncc(-c3ccncc3)s2)CC1. The first-order valence-electron chi connectivity index (χ1n) is 6.62. The highest BCUT2D eigenvalue weighted by atomic mass is 32.1. The Morgan fingerprint density at radius 1 is 1.26 bits per heavy atom. The largest absolute Gasteiger partial charge is 0.359 e. The molecule has 100 valence electrons. The lowest BCUT2D eigenvalue weighted by Gasteiger charge is -2.29. The maximum absolute atomic E-state index is 4.48. The molecule has 4 nitrogen and oxygen atoms in total. The molecule has 0 atom stereocenters. The Morgan fingerprint density at radius 2 is 2.00 bits per heavy atom. The zero-order chi connectivity index (χ0) is 13.1. The molecular weight excluding hydrogens is 256 g/mol. The van der Waals surface area contributed by atoms with E-state index in [-0.39, 0.29) is 0 Å². The van der Waals surface area contributed by atoms with Crippen LogP contribution in [0, 0.1) is 0 Å². The lowest BCUT2D eigenvalue weighted by Crippen LogP contribution is -2.36. The van der Waals surface area contributed by atoms with Gasteiger partial charge in [0.05, 0.1) is 4.88 Å². The van der Waals surface area contributed by atoms with Gasteiger partial charge in [-0.2, -0.15) is 0 Å². The number of nitrogens with one attached hydrogen (secondary N) is 1. The maximum Gasteiger partial charge on any atom is 0.183 e. The molecule has 0 bridgehead atoms. The topological polar surface area (TPSA) is 41.0 Å². The van der Waals surface area contributed by atoms with E-state index in [0.29, 0.717) is 6.04 Å². The van der Waals surface area contributed by atoms with Gasteiger partial charge in [0.2, 0.25) is 0 Å². The van der Waals surface area contributed by atoms with E-state index >= 15 is 0 Å². The molecule has 1 fully saturated rings. The predicted octanol–water partition coefficient (Wildman–Crippen LogP) is 2.71. The van der Waals surface area contributed by atoms with Crippen LogP contribution in [-0.4, -0.2) is 41.0 Å². The molecule has 2 aromatic heterocycles. The Bertz CT molecular complexity index is 517. The summed E-state index contributed by atoms with van der Waals surface area (Å²) in [5, 5.41) is 4.59. The molecule has 0 radical (unpaired) electrons. The number of hydrogen-bond acceptors (Lipinski definition) is 5. The van der Waals surface area contributed by atoms with Crippen molar-refractivity contribution in [2.75, 3.05) is 25.5 Å². The van der Waals surface area contributed by atoms with Crippen LogP contribution >= 0.6 is 11.3 Å². The first kappa shape index (κ1) is 12.6. The van der Waals surface area contributed by atoms with Crippen LogP contribution in [0.5, 0.6) is 0 Å². The second kappa shape index (κ2) is 5.67. The van der Waals surface area contributed by atoms with Crippen molar-refractivity contribution in [3.05, 3.63) is 30.7 Å². The number of thiazole rings is 1. The van der Waals surface area contributed by atoms with E-state index in [0.717, 1.165) is 5.13 Å². The van der Waals surface area contributed by atoms with Gasteiger partial charge in [0, 0.05) is 24.6 Å². The van der Waals surface area contributed by atoms with Gasteiger partial charge >= 0.3 is 0 Å². The van der Waals surface area contributed by atoms with Gasteiger partial charge in [-0.25, -0.2) is 4.98 Å². The average molecular weight is 274 g/mol. The second-order valence-electron chi connectivity index (χ2n) is 4.99. The molecular formula is C14H18N4S. The molecule has 19 heavy (non-hydrogen) atoms. The highest BCUT2D eigenvalue weighted by molar-refractivity contribution is 7.18. The van der Waals surface area contributed by atoms with Crippen LogP contribution < -0.4 is 5.32 Å². The van der Waals surface area contributed by atoms with E-state index in [1.165, 1.54) is 36.4 Å². The molecule has 1 aliphatic rings. The molecule has 3 heterocycles. The maximum atomic E-state index is 4.48. The minimum atomic E-state index is 0.563. The van der Waals surface area contributed by atoms with Crippen LogP contribution in [0.25, 0.3) is 10.4 Å². The molecule has 0 amide bonds. The van der Waals surface area contributed by atoms with E-state index in [4.69, 9.17) is 0 Å². The number of piperidine rings is 1. The minimum absolute atomic E-state index is 0.563. The number of nitrogens with zero attached hydrogens (tertiary/aromatic N) is 3. The zero-order valence-electron chi connectivity index (χ0n) is 11.0. The van der Waals surface area contributed by atoms with Crippen molar-refractivity contribution >= 4 is 16.5 Å². The fraction of sp³-hybridized carbons (Fsp3) is 0.429. The third kappa shape index (κ3) is 3.11. The van der Waals surface area contributed by atoms with Crippen molar-refractivity contribution in [1.29, 1.82) is 0 Å². The smallest absolute Gasteiger partial charge is 0.183 e. The summed E-state index contributed by atoms with van der Waals surface area (Å²) in [4.78, 5) is 12.1. The number of aromatic nitrogens is 2. The quantitative estimate of drug-likeness (QED) is 0.934. The van der Waals surface area contributed by atoms with Gasteiger partial charge in [-0.15, -0.1) is 0 Å². The Hall–Kier alpha value is -1.46. The first-order valence-corrected chi connectivity index (χ1v) is 7.44. The predicted molar refractivity (Wildman–Crippen MR) is 79.5 cm³/mol. The lowest BCUT2D eigenvalue weighted by atomic mass is 10.1. The molecule has 0 saturated carbocycles. The fourth-order valence-corrected chi connectivity index (χ4v) is 3.22. The van der Waals surface area contributed by atoms with Crippen molar-refractivity contribution in [2.24, 2.45) is 0 Å². The number of hydrogen-bond donors (Lipinski definition) is 1. The first-order chi connectivity index (χ1) is 9.31. The fourth-order valence-electron chi connectivity index (χ4n) is 2.32. The zero-order valence-corrected chi connectivity index (χ0v) is 11.9. The lowest BCUT2D eigenvalue weighted by molar-refractivity contribution is 0.264. The van der Waals surface area contributed by atoms with Gasteiger partial charge in [0.1, 0.15) is 0 Å². The molecule has 5 heteroatoms. The Kier molecular flexibility index (Phi) is 3.75. The molecule has 1 N–H and O–H groups in total. The molecule has 1 aliphatic heterocycles. The minimum Gasteiger partial charge on any atom is -0.359 e. The Labute approximate surface area is 117 Å². The van der Waals surface area contributed by atoms with E-state index in [9.17, 15) is 0 Å². The molecule has 2 aromatic rings. The van der Waals surface area contributed by atoms with Crippen LogP contribution in [0.15, 0.2) is 30.7 Å². The number of anilines is 1. The highest BCUT2D eigenvalue weighted by Gasteiger charge is 2.17. The van der Waals surface area contributed by atoms with Gasteiger partial charge in [-0.1, -0.05) is 11.3 Å². The summed E-state index contributed by atoms with van der Waals surface area (Å²) in [6.45, 7) is 2.33. The Morgan fingerprint density at radius 3 is 2.74 bits per heavy atom. The number of pyridine rings is 1. The van der Waals surface area contributed by atoms with Gasteiger partial charge in [-0.3, -0.25) is 4.98 Å². The van der Waals surface area contributed by atoms with Crippen molar-refractivity contribution in [3.63, 3.8) is 0 Å². The van der Waals surface area contributed by atoms with Crippen molar-refractivity contribution in [3.8, 4) is 10.4 Å². The summed E-state index contributed by atoms with van der Waals surface area (Å²) in [5.74, 6) is 0. The summed E-state index contributed by atoms with van der Waals surface area (Å²) < 4.78 is 0. The van der Waals surface area contributed by atoms with Crippen LogP contribution in [-0.2, 0) is 0 Å². The summed E-state index contributed by atoms with van der Waals surface area (Å²) in [6, 6.07) is 4.60. The van der Waals surface area contributed by atoms with E-state index in [1.807, 2.05) is 30.7 Å². The van der Waals surface area contributed by atoms with Crippen molar-refractivity contribution in [2.45, 2.75) is 18.9 Å². The molecule has 0 aromatic carbocycles. The van der Waals surface area contributed by atoms with E-state index < -0.39 is 0 Å². The molecule has 0 spiro atoms. The van der Waals surface area contributed by atoms with E-state index in [2.05, 4.69) is 27.2 Å². The van der Waals surface area contributed by atoms with Gasteiger partial charge in [0.15, 0.2) is 5.13 Å².